The second-order valence-electron chi connectivity index (χ2n) is 12.3. The van der Waals surface area contributed by atoms with Crippen molar-refractivity contribution >= 4 is 18.0 Å². The van der Waals surface area contributed by atoms with Gasteiger partial charge in [-0.2, -0.15) is 0 Å². The van der Waals surface area contributed by atoms with Gasteiger partial charge in [0.2, 0.25) is 5.95 Å². The van der Waals surface area contributed by atoms with Crippen LogP contribution in [0.15, 0.2) is 48.2 Å². The topological polar surface area (TPSA) is 129 Å². The summed E-state index contributed by atoms with van der Waals surface area (Å²) in [6.45, 7) is 10.0. The Morgan fingerprint density at radius 1 is 1.26 bits per heavy atom. The third-order valence-corrected chi connectivity index (χ3v) is 8.05. The number of allylic oxidation sites excluding steroid dienone is 3. The summed E-state index contributed by atoms with van der Waals surface area (Å²) in [5.41, 5.74) is 0.234. The zero-order valence-electron chi connectivity index (χ0n) is 26.6. The van der Waals surface area contributed by atoms with Crippen LogP contribution in [0, 0.1) is 5.92 Å². The standard InChI is InChI=1S/C32H49N5O6/c1-22(26-14-16-33-30(34-26)35(5)6)9-8-10-23(2)29-24(3)11-12-27(42-31(40)37-19-17-36(7)18-20-37)32(4,41)15-13-25(38)21-28(39)43-29/h8-12,14,16,22,24-25,27,29,38,41H,13,15,17-21H2,1-7H3/b9-8+,12-11-,23-10+/t22?,24-,25-,27-,29+,32-/m0/s1. The van der Waals surface area contributed by atoms with E-state index in [-0.39, 0.29) is 31.1 Å². The van der Waals surface area contributed by atoms with E-state index in [9.17, 15) is 19.8 Å². The molecular weight excluding hydrogens is 550 g/mol. The summed E-state index contributed by atoms with van der Waals surface area (Å²) in [5.74, 6) is -0.167. The van der Waals surface area contributed by atoms with Gasteiger partial charge in [0.15, 0.2) is 6.10 Å². The number of aliphatic hydroxyl groups is 2. The summed E-state index contributed by atoms with van der Waals surface area (Å²) in [7, 11) is 5.79. The number of esters is 1. The van der Waals surface area contributed by atoms with Crippen molar-refractivity contribution in [2.24, 2.45) is 5.92 Å². The first kappa shape index (κ1) is 34.2. The summed E-state index contributed by atoms with van der Waals surface area (Å²) in [6.07, 6.45) is 8.08. The third-order valence-electron chi connectivity index (χ3n) is 8.05. The molecule has 2 N–H and O–H groups in total. The van der Waals surface area contributed by atoms with E-state index in [0.717, 1.165) is 24.4 Å². The van der Waals surface area contributed by atoms with Crippen molar-refractivity contribution in [1.29, 1.82) is 0 Å². The van der Waals surface area contributed by atoms with Crippen LogP contribution in [0.1, 0.15) is 58.6 Å². The van der Waals surface area contributed by atoms with Gasteiger partial charge in [0.05, 0.1) is 18.2 Å². The lowest BCUT2D eigenvalue weighted by molar-refractivity contribution is -0.151. The Labute approximate surface area is 255 Å². The molecule has 1 fully saturated rings. The highest BCUT2D eigenvalue weighted by molar-refractivity contribution is 5.70. The van der Waals surface area contributed by atoms with E-state index in [1.807, 2.05) is 77.2 Å². The van der Waals surface area contributed by atoms with Gasteiger partial charge in [-0.15, -0.1) is 0 Å². The fourth-order valence-corrected chi connectivity index (χ4v) is 5.02. The maximum atomic E-state index is 13.0. The normalized spacial score (nSPS) is 29.7. The van der Waals surface area contributed by atoms with Crippen LogP contribution in [0.3, 0.4) is 0 Å². The number of piperazine rings is 1. The van der Waals surface area contributed by atoms with Crippen molar-refractivity contribution in [3.63, 3.8) is 0 Å². The summed E-state index contributed by atoms with van der Waals surface area (Å²) in [5, 5.41) is 21.9. The molecular formula is C32H49N5O6. The Kier molecular flexibility index (Phi) is 12.3. The number of rotatable bonds is 6. The number of anilines is 1. The van der Waals surface area contributed by atoms with Crippen LogP contribution in [-0.4, -0.2) is 113 Å². The molecule has 1 aromatic rings. The van der Waals surface area contributed by atoms with Gasteiger partial charge in [-0.3, -0.25) is 4.79 Å². The number of carbonyl (C=O) groups excluding carboxylic acids is 2. The van der Waals surface area contributed by atoms with Crippen molar-refractivity contribution in [3.05, 3.63) is 53.9 Å². The van der Waals surface area contributed by atoms with Crippen molar-refractivity contribution in [2.45, 2.75) is 76.8 Å². The Morgan fingerprint density at radius 2 is 1.95 bits per heavy atom. The number of hydrogen-bond acceptors (Lipinski definition) is 10. The lowest BCUT2D eigenvalue weighted by Gasteiger charge is -2.36. The van der Waals surface area contributed by atoms with Crippen molar-refractivity contribution in [1.82, 2.24) is 19.8 Å². The molecule has 0 bridgehead atoms. The van der Waals surface area contributed by atoms with Crippen molar-refractivity contribution in [2.75, 3.05) is 52.2 Å². The van der Waals surface area contributed by atoms with Gasteiger partial charge in [0, 0.05) is 58.3 Å². The molecule has 6 atom stereocenters. The fourth-order valence-electron chi connectivity index (χ4n) is 5.02. The number of aromatic nitrogens is 2. The lowest BCUT2D eigenvalue weighted by Crippen LogP contribution is -2.50. The second-order valence-corrected chi connectivity index (χ2v) is 12.3. The van der Waals surface area contributed by atoms with Gasteiger partial charge in [-0.25, -0.2) is 14.8 Å². The van der Waals surface area contributed by atoms with Crippen LogP contribution in [0.25, 0.3) is 0 Å². The number of nitrogens with zero attached hydrogens (tertiary/aromatic N) is 5. The Hall–Kier alpha value is -3.28. The van der Waals surface area contributed by atoms with Gasteiger partial charge < -0.3 is 34.4 Å². The SMILES string of the molecule is C/C(=C\C=C\C(C)c1ccnc(N(C)C)n1)[C@H]1OC(=O)C[C@@H](O)CC[C@](C)(O)[C@@H](OC(=O)N2CCN(C)CC2)/C=C\[C@@H]1C. The highest BCUT2D eigenvalue weighted by Gasteiger charge is 2.36. The molecule has 3 rings (SSSR count). The monoisotopic (exact) mass is 599 g/mol. The minimum absolute atomic E-state index is 0.0232. The number of aliphatic hydroxyl groups excluding tert-OH is 1. The largest absolute Gasteiger partial charge is 0.457 e. The fraction of sp³-hybridized carbons (Fsp3) is 0.625. The zero-order valence-corrected chi connectivity index (χ0v) is 26.6. The van der Waals surface area contributed by atoms with Crippen molar-refractivity contribution < 1.29 is 29.3 Å². The van der Waals surface area contributed by atoms with E-state index in [1.165, 1.54) is 0 Å². The van der Waals surface area contributed by atoms with Gasteiger partial charge in [-0.05, 0) is 51.5 Å². The third kappa shape index (κ3) is 10.1. The second kappa shape index (κ2) is 15.4. The zero-order chi connectivity index (χ0) is 31.7. The van der Waals surface area contributed by atoms with Gasteiger partial charge in [0.1, 0.15) is 11.7 Å². The van der Waals surface area contributed by atoms with Crippen LogP contribution in [0.4, 0.5) is 10.7 Å². The molecule has 0 radical (unpaired) electrons. The molecule has 0 aliphatic carbocycles. The average Bonchev–Trinajstić information content (AvgIpc) is 2.96. The van der Waals surface area contributed by atoms with Crippen LogP contribution in [-0.2, 0) is 14.3 Å². The molecule has 11 nitrogen and oxygen atoms in total. The molecule has 0 spiro atoms. The summed E-state index contributed by atoms with van der Waals surface area (Å²) < 4.78 is 11.7. The number of amides is 1. The molecule has 1 saturated heterocycles. The molecule has 238 valence electrons. The molecule has 1 amide bonds. The first-order valence-corrected chi connectivity index (χ1v) is 15.0. The predicted molar refractivity (Wildman–Crippen MR) is 166 cm³/mol. The van der Waals surface area contributed by atoms with E-state index in [4.69, 9.17) is 9.47 Å². The van der Waals surface area contributed by atoms with Crippen molar-refractivity contribution in [3.8, 4) is 0 Å². The Bertz CT molecular complexity index is 1170. The van der Waals surface area contributed by atoms with Crippen LogP contribution in [0.5, 0.6) is 0 Å². The molecule has 2 aliphatic heterocycles. The molecule has 0 aromatic carbocycles. The molecule has 1 unspecified atom stereocenters. The van der Waals surface area contributed by atoms with E-state index in [2.05, 4.69) is 14.9 Å². The maximum absolute atomic E-state index is 13.0. The summed E-state index contributed by atoms with van der Waals surface area (Å²) >= 11 is 0. The van der Waals surface area contributed by atoms with Gasteiger partial charge in [-0.1, -0.05) is 38.2 Å². The Morgan fingerprint density at radius 3 is 2.63 bits per heavy atom. The molecule has 43 heavy (non-hydrogen) atoms. The minimum Gasteiger partial charge on any atom is -0.457 e. The van der Waals surface area contributed by atoms with E-state index in [1.54, 1.807) is 24.1 Å². The summed E-state index contributed by atoms with van der Waals surface area (Å²) in [4.78, 5) is 40.3. The smallest absolute Gasteiger partial charge is 0.410 e. The van der Waals surface area contributed by atoms with Gasteiger partial charge in [0.25, 0.3) is 0 Å². The van der Waals surface area contributed by atoms with Crippen LogP contribution >= 0.6 is 0 Å². The molecule has 11 heteroatoms. The predicted octanol–water partition coefficient (Wildman–Crippen LogP) is 3.30. The molecule has 1 aromatic heterocycles. The number of ether oxygens (including phenoxy) is 2. The molecule has 2 aliphatic rings. The van der Waals surface area contributed by atoms with Crippen LogP contribution in [0.2, 0.25) is 0 Å². The van der Waals surface area contributed by atoms with E-state index >= 15 is 0 Å². The average molecular weight is 600 g/mol. The number of carbonyl (C=O) groups is 2. The number of likely N-dealkylation sites (N-methyl/N-ethyl adjacent to an activating group) is 1. The van der Waals surface area contributed by atoms with E-state index in [0.29, 0.717) is 19.0 Å². The highest BCUT2D eigenvalue weighted by Crippen LogP contribution is 2.27. The number of hydrogen-bond donors (Lipinski definition) is 2. The lowest BCUT2D eigenvalue weighted by atomic mass is 9.88. The van der Waals surface area contributed by atoms with Crippen LogP contribution < -0.4 is 4.90 Å². The molecule has 0 saturated carbocycles. The maximum Gasteiger partial charge on any atom is 0.410 e. The Balaban J connectivity index is 1.81. The van der Waals surface area contributed by atoms with Gasteiger partial charge >= 0.3 is 12.1 Å². The van der Waals surface area contributed by atoms with E-state index < -0.39 is 36.0 Å². The quantitative estimate of drug-likeness (QED) is 0.286. The number of cyclic esters (lactones) is 1. The summed E-state index contributed by atoms with van der Waals surface area (Å²) in [6, 6.07) is 1.88. The first-order chi connectivity index (χ1) is 20.3. The first-order valence-electron chi connectivity index (χ1n) is 15.0. The highest BCUT2D eigenvalue weighted by atomic mass is 16.6. The molecule has 3 heterocycles. The minimum atomic E-state index is -1.45.